The number of nitrogens with two attached hydrogens (primary N) is 2. The summed E-state index contributed by atoms with van der Waals surface area (Å²) in [5.74, 6) is -2.19. The van der Waals surface area contributed by atoms with Gasteiger partial charge in [0.1, 0.15) is 11.4 Å². The molecule has 0 saturated carbocycles. The molecular formula is C9H11F3N6. The molecule has 2 rings (SSSR count). The first-order valence-corrected chi connectivity index (χ1v) is 4.91. The van der Waals surface area contributed by atoms with Gasteiger partial charge in [-0.05, 0) is 0 Å². The minimum absolute atomic E-state index is 0.408. The molecule has 1 aromatic rings. The third kappa shape index (κ3) is 2.04. The van der Waals surface area contributed by atoms with E-state index in [1.165, 1.54) is 17.1 Å². The smallest absolute Gasteiger partial charge is 0.383 e. The highest BCUT2D eigenvalue weighted by molar-refractivity contribution is 5.99. The van der Waals surface area contributed by atoms with Gasteiger partial charge in [-0.25, -0.2) is 4.99 Å². The second kappa shape index (κ2) is 3.73. The Morgan fingerprint density at radius 2 is 2.11 bits per heavy atom. The summed E-state index contributed by atoms with van der Waals surface area (Å²) >= 11 is 0. The highest BCUT2D eigenvalue weighted by atomic mass is 19.4. The summed E-state index contributed by atoms with van der Waals surface area (Å²) in [6.45, 7) is 0. The quantitative estimate of drug-likeness (QED) is 0.657. The summed E-state index contributed by atoms with van der Waals surface area (Å²) in [5.41, 5.74) is 10.5. The van der Waals surface area contributed by atoms with Gasteiger partial charge < -0.3 is 11.1 Å². The normalized spacial score (nSPS) is 24.3. The van der Waals surface area contributed by atoms with Gasteiger partial charge >= 0.3 is 6.18 Å². The fourth-order valence-electron chi connectivity index (χ4n) is 1.53. The van der Waals surface area contributed by atoms with E-state index in [2.05, 4.69) is 15.4 Å². The maximum atomic E-state index is 12.5. The van der Waals surface area contributed by atoms with Gasteiger partial charge in [0.15, 0.2) is 0 Å². The maximum Gasteiger partial charge on any atom is 0.421 e. The van der Waals surface area contributed by atoms with E-state index in [0.29, 0.717) is 5.56 Å². The Bertz CT molecular complexity index is 529. The Morgan fingerprint density at radius 3 is 2.56 bits per heavy atom. The number of hydrogen-bond donors (Lipinski definition) is 3. The van der Waals surface area contributed by atoms with Gasteiger partial charge in [-0.15, -0.1) is 0 Å². The number of halogens is 3. The third-order valence-electron chi connectivity index (χ3n) is 2.46. The average Bonchev–Trinajstić information content (AvgIpc) is 2.63. The van der Waals surface area contributed by atoms with Crippen LogP contribution in [0.1, 0.15) is 5.56 Å². The van der Waals surface area contributed by atoms with Crippen LogP contribution in [0.5, 0.6) is 0 Å². The van der Waals surface area contributed by atoms with Gasteiger partial charge in [-0.1, -0.05) is 0 Å². The Balaban J connectivity index is 2.35. The molecule has 0 amide bonds. The molecule has 0 bridgehead atoms. The zero-order valence-corrected chi connectivity index (χ0v) is 9.36. The van der Waals surface area contributed by atoms with E-state index in [9.17, 15) is 13.2 Å². The molecule has 2 heterocycles. The molecule has 0 saturated heterocycles. The standard InChI is InChI=1S/C9H11F3N6/c1-18-4-5(2-16-18)9(14)15-3-6(7(13)17-9)8(10,11)12/h2-4,15H,14H2,1H3,(H2,13,17). The van der Waals surface area contributed by atoms with Crippen molar-refractivity contribution in [3.05, 3.63) is 29.7 Å². The summed E-state index contributed by atoms with van der Waals surface area (Å²) in [6, 6.07) is 0. The largest absolute Gasteiger partial charge is 0.421 e. The lowest BCUT2D eigenvalue weighted by molar-refractivity contribution is -0.0870. The minimum Gasteiger partial charge on any atom is -0.383 e. The molecule has 0 aliphatic carbocycles. The zero-order chi connectivity index (χ0) is 13.6. The van der Waals surface area contributed by atoms with E-state index in [0.717, 1.165) is 6.20 Å². The molecule has 0 spiro atoms. The molecule has 1 aliphatic rings. The summed E-state index contributed by atoms with van der Waals surface area (Å²) in [6.07, 6.45) is -0.918. The second-order valence-electron chi connectivity index (χ2n) is 3.87. The van der Waals surface area contributed by atoms with E-state index in [4.69, 9.17) is 11.5 Å². The van der Waals surface area contributed by atoms with Crippen molar-refractivity contribution in [3.8, 4) is 0 Å². The average molecular weight is 260 g/mol. The fourth-order valence-corrected chi connectivity index (χ4v) is 1.53. The maximum absolute atomic E-state index is 12.5. The Hall–Kier alpha value is -2.03. The Kier molecular flexibility index (Phi) is 2.58. The number of aromatic nitrogens is 2. The zero-order valence-electron chi connectivity index (χ0n) is 9.36. The lowest BCUT2D eigenvalue weighted by atomic mass is 10.1. The van der Waals surface area contributed by atoms with Gasteiger partial charge in [-0.3, -0.25) is 10.4 Å². The van der Waals surface area contributed by atoms with Crippen molar-refractivity contribution >= 4 is 5.84 Å². The van der Waals surface area contributed by atoms with Crippen molar-refractivity contribution < 1.29 is 13.2 Å². The molecule has 0 aromatic carbocycles. The first-order chi connectivity index (χ1) is 8.22. The Labute approximate surface area is 100 Å². The van der Waals surface area contributed by atoms with Crippen LogP contribution < -0.4 is 16.8 Å². The number of hydrogen-bond acceptors (Lipinski definition) is 5. The highest BCUT2D eigenvalue weighted by Crippen LogP contribution is 2.29. The van der Waals surface area contributed by atoms with E-state index in [1.54, 1.807) is 7.05 Å². The first kappa shape index (κ1) is 12.4. The van der Waals surface area contributed by atoms with Crippen LogP contribution in [0, 0.1) is 0 Å². The lowest BCUT2D eigenvalue weighted by Crippen LogP contribution is -2.51. The van der Waals surface area contributed by atoms with Crippen LogP contribution in [-0.4, -0.2) is 21.8 Å². The van der Waals surface area contributed by atoms with E-state index in [-0.39, 0.29) is 0 Å². The van der Waals surface area contributed by atoms with Crippen LogP contribution in [0.4, 0.5) is 13.2 Å². The van der Waals surface area contributed by atoms with Crippen molar-refractivity contribution in [1.82, 2.24) is 15.1 Å². The number of aryl methyl sites for hydroxylation is 1. The number of aliphatic imine (C=N–C) groups is 1. The number of nitrogens with one attached hydrogen (secondary N) is 1. The molecule has 9 heteroatoms. The molecule has 1 aliphatic heterocycles. The van der Waals surface area contributed by atoms with E-state index >= 15 is 0 Å². The van der Waals surface area contributed by atoms with Crippen LogP contribution in [0.25, 0.3) is 0 Å². The lowest BCUT2D eigenvalue weighted by Gasteiger charge is -2.29. The van der Waals surface area contributed by atoms with Crippen LogP contribution >= 0.6 is 0 Å². The molecule has 5 N–H and O–H groups in total. The minimum atomic E-state index is -4.57. The topological polar surface area (TPSA) is 94.2 Å². The number of alkyl halides is 3. The SMILES string of the molecule is Cn1cc(C2(N)N=C(N)C(C(F)(F)F)=CN2)cn1. The molecule has 0 radical (unpaired) electrons. The van der Waals surface area contributed by atoms with Crippen molar-refractivity contribution in [2.75, 3.05) is 0 Å². The van der Waals surface area contributed by atoms with Gasteiger partial charge in [-0.2, -0.15) is 18.3 Å². The van der Waals surface area contributed by atoms with Crippen molar-refractivity contribution in [1.29, 1.82) is 0 Å². The molecule has 0 fully saturated rings. The van der Waals surface area contributed by atoms with Crippen molar-refractivity contribution in [2.24, 2.45) is 23.5 Å². The predicted octanol–water partition coefficient (Wildman–Crippen LogP) is -0.104. The second-order valence-corrected chi connectivity index (χ2v) is 3.87. The first-order valence-electron chi connectivity index (χ1n) is 4.91. The molecule has 98 valence electrons. The molecule has 1 unspecified atom stereocenters. The van der Waals surface area contributed by atoms with Gasteiger partial charge in [0.25, 0.3) is 0 Å². The van der Waals surface area contributed by atoms with E-state index in [1.807, 2.05) is 0 Å². The van der Waals surface area contributed by atoms with Crippen molar-refractivity contribution in [2.45, 2.75) is 12.0 Å². The molecule has 1 aromatic heterocycles. The van der Waals surface area contributed by atoms with Crippen LogP contribution in [0.2, 0.25) is 0 Å². The molecule has 1 atom stereocenters. The predicted molar refractivity (Wildman–Crippen MR) is 58.0 cm³/mol. The van der Waals surface area contributed by atoms with Gasteiger partial charge in [0.05, 0.1) is 11.8 Å². The van der Waals surface area contributed by atoms with Crippen LogP contribution in [0.3, 0.4) is 0 Å². The van der Waals surface area contributed by atoms with Gasteiger partial charge in [0.2, 0.25) is 5.79 Å². The van der Waals surface area contributed by atoms with Crippen molar-refractivity contribution in [3.63, 3.8) is 0 Å². The van der Waals surface area contributed by atoms with Crippen LogP contribution in [-0.2, 0) is 12.8 Å². The number of nitrogens with zero attached hydrogens (tertiary/aromatic N) is 3. The summed E-state index contributed by atoms with van der Waals surface area (Å²) in [4.78, 5) is 3.67. The highest BCUT2D eigenvalue weighted by Gasteiger charge is 2.41. The number of rotatable bonds is 1. The molecule has 18 heavy (non-hydrogen) atoms. The summed E-state index contributed by atoms with van der Waals surface area (Å²) in [5, 5.41) is 6.26. The summed E-state index contributed by atoms with van der Waals surface area (Å²) in [7, 11) is 1.65. The van der Waals surface area contributed by atoms with Crippen LogP contribution in [0.15, 0.2) is 29.2 Å². The third-order valence-corrected chi connectivity index (χ3v) is 2.46. The Morgan fingerprint density at radius 1 is 1.44 bits per heavy atom. The fraction of sp³-hybridized carbons (Fsp3) is 0.333. The molecular weight excluding hydrogens is 249 g/mol. The summed E-state index contributed by atoms with van der Waals surface area (Å²) < 4.78 is 39.0. The monoisotopic (exact) mass is 260 g/mol. The molecule has 6 nitrogen and oxygen atoms in total. The van der Waals surface area contributed by atoms with E-state index < -0.39 is 23.4 Å². The number of amidine groups is 1. The van der Waals surface area contributed by atoms with Gasteiger partial charge in [0, 0.05) is 19.4 Å².